The third-order valence-electron chi connectivity index (χ3n) is 6.19. The van der Waals surface area contributed by atoms with E-state index in [9.17, 15) is 0 Å². The Morgan fingerprint density at radius 1 is 1.20 bits per heavy atom. The number of nitrogens with zero attached hydrogens (tertiary/aromatic N) is 1. The number of anilines is 1. The van der Waals surface area contributed by atoms with E-state index < -0.39 is 0 Å². The summed E-state index contributed by atoms with van der Waals surface area (Å²) in [5.74, 6) is 0.774. The van der Waals surface area contributed by atoms with Gasteiger partial charge in [0.15, 0.2) is 0 Å². The highest BCUT2D eigenvalue weighted by molar-refractivity contribution is 5.63. The Morgan fingerprint density at radius 2 is 2.05 bits per heavy atom. The summed E-state index contributed by atoms with van der Waals surface area (Å²) in [6.07, 6.45) is 4.11. The molecule has 0 aromatic heterocycles. The highest BCUT2D eigenvalue weighted by Gasteiger charge is 2.49. The number of benzene rings is 1. The van der Waals surface area contributed by atoms with Crippen LogP contribution in [0.25, 0.3) is 0 Å². The van der Waals surface area contributed by atoms with Crippen molar-refractivity contribution in [3.05, 3.63) is 29.3 Å². The van der Waals surface area contributed by atoms with Crippen molar-refractivity contribution in [3.63, 3.8) is 0 Å². The van der Waals surface area contributed by atoms with Crippen LogP contribution in [0.4, 0.5) is 5.69 Å². The first-order valence-electron chi connectivity index (χ1n) is 8.20. The summed E-state index contributed by atoms with van der Waals surface area (Å²) < 4.78 is 0. The van der Waals surface area contributed by atoms with Gasteiger partial charge in [-0.2, -0.15) is 0 Å². The lowest BCUT2D eigenvalue weighted by molar-refractivity contribution is 0.0911. The van der Waals surface area contributed by atoms with Crippen LogP contribution >= 0.6 is 0 Å². The molecule has 20 heavy (non-hydrogen) atoms. The van der Waals surface area contributed by atoms with Crippen molar-refractivity contribution in [3.8, 4) is 0 Å². The second-order valence-electron chi connectivity index (χ2n) is 7.53. The molecule has 2 heteroatoms. The average molecular weight is 270 g/mol. The third kappa shape index (κ3) is 1.60. The molecule has 3 aliphatic rings. The van der Waals surface area contributed by atoms with Gasteiger partial charge in [0.25, 0.3) is 0 Å². The molecule has 0 unspecified atom stereocenters. The Balaban J connectivity index is 1.81. The van der Waals surface area contributed by atoms with Crippen LogP contribution in [0.2, 0.25) is 0 Å². The van der Waals surface area contributed by atoms with Gasteiger partial charge in [0.2, 0.25) is 0 Å². The summed E-state index contributed by atoms with van der Waals surface area (Å²) in [6, 6.07) is 8.22. The molecule has 3 heterocycles. The van der Waals surface area contributed by atoms with E-state index in [0.717, 1.165) is 12.0 Å². The largest absolute Gasteiger partial charge is 0.380 e. The van der Waals surface area contributed by atoms with Crippen LogP contribution < -0.4 is 5.32 Å². The molecule has 1 N–H and O–H groups in total. The average Bonchev–Trinajstić information content (AvgIpc) is 2.89. The highest BCUT2D eigenvalue weighted by atomic mass is 15.2. The van der Waals surface area contributed by atoms with E-state index in [2.05, 4.69) is 49.2 Å². The minimum absolute atomic E-state index is 0.298. The second-order valence-corrected chi connectivity index (χ2v) is 7.53. The first-order chi connectivity index (χ1) is 9.59. The zero-order valence-electron chi connectivity index (χ0n) is 12.9. The van der Waals surface area contributed by atoms with E-state index in [1.165, 1.54) is 49.2 Å². The number of nitrogens with one attached hydrogen (secondary N) is 1. The van der Waals surface area contributed by atoms with E-state index in [0.29, 0.717) is 11.5 Å². The minimum Gasteiger partial charge on any atom is -0.380 e. The normalized spacial score (nSPS) is 34.9. The number of piperidine rings is 1. The Kier molecular flexibility index (Phi) is 2.69. The molecule has 0 amide bonds. The number of aryl methyl sites for hydroxylation is 1. The fraction of sp³-hybridized carbons (Fsp3) is 0.667. The molecule has 2 saturated heterocycles. The lowest BCUT2D eigenvalue weighted by atomic mass is 9.62. The molecule has 4 rings (SSSR count). The Labute approximate surface area is 122 Å². The monoisotopic (exact) mass is 270 g/mol. The number of hydrogen-bond donors (Lipinski definition) is 1. The Morgan fingerprint density at radius 3 is 2.90 bits per heavy atom. The fourth-order valence-electron chi connectivity index (χ4n) is 5.06. The van der Waals surface area contributed by atoms with Gasteiger partial charge < -0.3 is 5.32 Å². The van der Waals surface area contributed by atoms with Crippen LogP contribution in [0.1, 0.15) is 44.2 Å². The number of rotatable bonds is 0. The van der Waals surface area contributed by atoms with E-state index in [1.54, 1.807) is 0 Å². The van der Waals surface area contributed by atoms with Crippen LogP contribution in [0.5, 0.6) is 0 Å². The molecule has 3 atom stereocenters. The maximum atomic E-state index is 3.95. The van der Waals surface area contributed by atoms with Crippen molar-refractivity contribution in [2.24, 2.45) is 5.92 Å². The van der Waals surface area contributed by atoms with E-state index >= 15 is 0 Å². The van der Waals surface area contributed by atoms with Crippen molar-refractivity contribution < 1.29 is 0 Å². The Hall–Kier alpha value is -1.02. The molecule has 0 saturated carbocycles. The molecule has 0 radical (unpaired) electrons. The zero-order valence-corrected chi connectivity index (χ0v) is 12.9. The lowest BCUT2D eigenvalue weighted by Crippen LogP contribution is -2.59. The van der Waals surface area contributed by atoms with Gasteiger partial charge in [-0.15, -0.1) is 0 Å². The van der Waals surface area contributed by atoms with Crippen LogP contribution in [0.3, 0.4) is 0 Å². The molecule has 3 aliphatic heterocycles. The number of para-hydroxylation sites is 1. The summed E-state index contributed by atoms with van der Waals surface area (Å²) in [4.78, 5) is 2.73. The van der Waals surface area contributed by atoms with Crippen molar-refractivity contribution in [1.29, 1.82) is 0 Å². The lowest BCUT2D eigenvalue weighted by Gasteiger charge is -2.53. The maximum Gasteiger partial charge on any atom is 0.0453 e. The van der Waals surface area contributed by atoms with Crippen molar-refractivity contribution in [2.45, 2.75) is 57.5 Å². The van der Waals surface area contributed by atoms with Gasteiger partial charge in [0, 0.05) is 17.8 Å². The molecular formula is C18H26N2. The standard InChI is InChI=1S/C18H26N2/c1-12-6-4-7-13-16(12)19-17-14(18(13,2)3)9-11-20-10-5-8-15(17)20/h4,6-7,14-15,17,19H,5,8-11H2,1-3H3/t14-,15-,17+/m1/s1. The third-order valence-corrected chi connectivity index (χ3v) is 6.19. The van der Waals surface area contributed by atoms with Gasteiger partial charge in [0.05, 0.1) is 0 Å². The minimum atomic E-state index is 0.298. The molecule has 2 nitrogen and oxygen atoms in total. The molecule has 2 fully saturated rings. The van der Waals surface area contributed by atoms with Gasteiger partial charge in [-0.1, -0.05) is 32.0 Å². The van der Waals surface area contributed by atoms with Crippen LogP contribution in [-0.4, -0.2) is 30.1 Å². The SMILES string of the molecule is Cc1cccc2c1N[C@@H]1[C@H]3CCCN3CC[C@H]1C2(C)C. The predicted molar refractivity (Wildman–Crippen MR) is 84.3 cm³/mol. The van der Waals surface area contributed by atoms with Crippen molar-refractivity contribution in [1.82, 2.24) is 4.90 Å². The maximum absolute atomic E-state index is 3.95. The first kappa shape index (κ1) is 12.7. The summed E-state index contributed by atoms with van der Waals surface area (Å²) >= 11 is 0. The fourth-order valence-corrected chi connectivity index (χ4v) is 5.06. The van der Waals surface area contributed by atoms with Crippen LogP contribution in [0, 0.1) is 12.8 Å². The summed E-state index contributed by atoms with van der Waals surface area (Å²) in [5, 5.41) is 3.95. The summed E-state index contributed by atoms with van der Waals surface area (Å²) in [6.45, 7) is 9.80. The second kappa shape index (κ2) is 4.24. The predicted octanol–water partition coefficient (Wildman–Crippen LogP) is 3.55. The number of fused-ring (bicyclic) bond motifs is 4. The molecule has 108 valence electrons. The van der Waals surface area contributed by atoms with Gasteiger partial charge in [-0.05, 0) is 61.7 Å². The molecular weight excluding hydrogens is 244 g/mol. The summed E-state index contributed by atoms with van der Waals surface area (Å²) in [7, 11) is 0. The van der Waals surface area contributed by atoms with Gasteiger partial charge in [-0.3, -0.25) is 4.90 Å². The molecule has 0 bridgehead atoms. The van der Waals surface area contributed by atoms with Crippen LogP contribution in [0.15, 0.2) is 18.2 Å². The molecule has 0 spiro atoms. The molecule has 1 aromatic rings. The summed E-state index contributed by atoms with van der Waals surface area (Å²) in [5.41, 5.74) is 4.66. The number of hydrogen-bond acceptors (Lipinski definition) is 2. The quantitative estimate of drug-likeness (QED) is 0.775. The molecule has 0 aliphatic carbocycles. The van der Waals surface area contributed by atoms with E-state index in [1.807, 2.05) is 0 Å². The topological polar surface area (TPSA) is 15.3 Å². The van der Waals surface area contributed by atoms with E-state index in [4.69, 9.17) is 0 Å². The zero-order chi connectivity index (χ0) is 13.9. The van der Waals surface area contributed by atoms with Crippen molar-refractivity contribution in [2.75, 3.05) is 18.4 Å². The highest BCUT2D eigenvalue weighted by Crippen LogP contribution is 2.49. The van der Waals surface area contributed by atoms with Crippen LogP contribution in [-0.2, 0) is 5.41 Å². The molecule has 1 aromatic carbocycles. The van der Waals surface area contributed by atoms with E-state index in [-0.39, 0.29) is 0 Å². The van der Waals surface area contributed by atoms with Crippen molar-refractivity contribution >= 4 is 5.69 Å². The van der Waals surface area contributed by atoms with Gasteiger partial charge in [-0.25, -0.2) is 0 Å². The first-order valence-corrected chi connectivity index (χ1v) is 8.20. The Bertz CT molecular complexity index is 534. The smallest absolute Gasteiger partial charge is 0.0453 e. The van der Waals surface area contributed by atoms with Gasteiger partial charge >= 0.3 is 0 Å². The van der Waals surface area contributed by atoms with Gasteiger partial charge in [0.1, 0.15) is 0 Å².